The number of rotatable bonds is 7. The summed E-state index contributed by atoms with van der Waals surface area (Å²) < 4.78 is 12.5. The Morgan fingerprint density at radius 2 is 1.02 bits per heavy atom. The lowest BCUT2D eigenvalue weighted by molar-refractivity contribution is 0.601. The zero-order valence-electron chi connectivity index (χ0n) is 25.2. The standard InChI is InChI=1S/C40H33N3O2/c1-26-33-18-16-31(24-39(33)44-37(26)20-22-41)43(32-17-19-34-27(2)38(21-23-42)45-40(34)25-32)36-11-7-6-10-35(36)30-14-12-29(13-15-30)28-8-4-3-5-9-28/h3-25H,41-42H2,1-2H3/b22-20-,23-21-. The Labute approximate surface area is 262 Å². The van der Waals surface area contributed by atoms with Crippen LogP contribution in [-0.4, -0.2) is 0 Å². The van der Waals surface area contributed by atoms with Crippen molar-refractivity contribution in [2.75, 3.05) is 4.90 Å². The van der Waals surface area contributed by atoms with Gasteiger partial charge in [0.05, 0.1) is 5.69 Å². The van der Waals surface area contributed by atoms with Crippen LogP contribution in [0.5, 0.6) is 0 Å². The van der Waals surface area contributed by atoms with Crippen LogP contribution in [0.3, 0.4) is 0 Å². The van der Waals surface area contributed by atoms with E-state index >= 15 is 0 Å². The lowest BCUT2D eigenvalue weighted by Gasteiger charge is -2.28. The number of nitrogens with zero attached hydrogens (tertiary/aromatic N) is 1. The van der Waals surface area contributed by atoms with Crippen LogP contribution in [0.15, 0.2) is 136 Å². The van der Waals surface area contributed by atoms with Crippen molar-refractivity contribution in [3.8, 4) is 22.3 Å². The van der Waals surface area contributed by atoms with E-state index in [0.29, 0.717) is 0 Å². The number of fused-ring (bicyclic) bond motifs is 2. The smallest absolute Gasteiger partial charge is 0.137 e. The monoisotopic (exact) mass is 587 g/mol. The van der Waals surface area contributed by atoms with Crippen LogP contribution in [0.1, 0.15) is 22.6 Å². The predicted molar refractivity (Wildman–Crippen MR) is 187 cm³/mol. The lowest BCUT2D eigenvalue weighted by atomic mass is 9.98. The van der Waals surface area contributed by atoms with Crippen LogP contribution in [0, 0.1) is 13.8 Å². The molecule has 7 rings (SSSR count). The van der Waals surface area contributed by atoms with Crippen molar-refractivity contribution in [2.45, 2.75) is 13.8 Å². The van der Waals surface area contributed by atoms with E-state index in [1.165, 1.54) is 23.5 Å². The first-order valence-corrected chi connectivity index (χ1v) is 14.9. The molecular weight excluding hydrogens is 554 g/mol. The van der Waals surface area contributed by atoms with Gasteiger partial charge in [0, 0.05) is 51.0 Å². The summed E-state index contributed by atoms with van der Waals surface area (Å²) in [5, 5.41) is 2.10. The molecule has 0 radical (unpaired) electrons. The molecule has 2 heterocycles. The Kier molecular flexibility index (Phi) is 7.20. The Morgan fingerprint density at radius 3 is 1.58 bits per heavy atom. The average Bonchev–Trinajstić information content (AvgIpc) is 3.56. The Bertz CT molecular complexity index is 2110. The Morgan fingerprint density at radius 1 is 0.533 bits per heavy atom. The molecule has 5 nitrogen and oxygen atoms in total. The summed E-state index contributed by atoms with van der Waals surface area (Å²) in [4.78, 5) is 2.26. The maximum Gasteiger partial charge on any atom is 0.137 e. The highest BCUT2D eigenvalue weighted by Gasteiger charge is 2.20. The molecule has 5 heteroatoms. The minimum Gasteiger partial charge on any atom is -0.456 e. The fraction of sp³-hybridized carbons (Fsp3) is 0.0500. The van der Waals surface area contributed by atoms with Crippen molar-refractivity contribution in [1.29, 1.82) is 0 Å². The van der Waals surface area contributed by atoms with Crippen molar-refractivity contribution in [1.82, 2.24) is 0 Å². The van der Waals surface area contributed by atoms with E-state index in [1.54, 1.807) is 12.2 Å². The molecule has 0 atom stereocenters. The molecule has 0 unspecified atom stereocenters. The third-order valence-corrected chi connectivity index (χ3v) is 8.38. The highest BCUT2D eigenvalue weighted by Crippen LogP contribution is 2.44. The fourth-order valence-corrected chi connectivity index (χ4v) is 6.05. The van der Waals surface area contributed by atoms with Crippen LogP contribution in [0.2, 0.25) is 0 Å². The second-order valence-electron chi connectivity index (χ2n) is 11.1. The molecule has 0 aliphatic carbocycles. The summed E-state index contributed by atoms with van der Waals surface area (Å²) >= 11 is 0. The van der Waals surface area contributed by atoms with Gasteiger partial charge >= 0.3 is 0 Å². The minimum atomic E-state index is 0.753. The number of para-hydroxylation sites is 1. The number of hydrogen-bond acceptors (Lipinski definition) is 5. The maximum absolute atomic E-state index is 6.26. The predicted octanol–water partition coefficient (Wildman–Crippen LogP) is 10.5. The summed E-state index contributed by atoms with van der Waals surface area (Å²) in [6, 6.07) is 40.3. The molecule has 0 bridgehead atoms. The number of aryl methyl sites for hydroxylation is 2. The van der Waals surface area contributed by atoms with Crippen LogP contribution in [0.25, 0.3) is 56.3 Å². The largest absolute Gasteiger partial charge is 0.456 e. The van der Waals surface area contributed by atoms with Gasteiger partial charge in [0.25, 0.3) is 0 Å². The second kappa shape index (κ2) is 11.6. The lowest BCUT2D eigenvalue weighted by Crippen LogP contribution is -2.11. The SMILES string of the molecule is Cc1c(/C=C\N)oc2cc(N(c3ccc4c(C)c(/C=C\N)oc4c3)c3ccccc3-c3ccc(-c4ccccc4)cc3)ccc12. The van der Waals surface area contributed by atoms with Gasteiger partial charge < -0.3 is 25.2 Å². The van der Waals surface area contributed by atoms with Gasteiger partial charge in [0.2, 0.25) is 0 Å². The van der Waals surface area contributed by atoms with Gasteiger partial charge in [0.15, 0.2) is 0 Å². The topological polar surface area (TPSA) is 81.6 Å². The van der Waals surface area contributed by atoms with Gasteiger partial charge in [0.1, 0.15) is 22.7 Å². The van der Waals surface area contributed by atoms with Crippen LogP contribution < -0.4 is 16.4 Å². The van der Waals surface area contributed by atoms with E-state index in [1.807, 2.05) is 19.9 Å². The molecule has 0 saturated heterocycles. The van der Waals surface area contributed by atoms with E-state index in [4.69, 9.17) is 20.3 Å². The van der Waals surface area contributed by atoms with Crippen molar-refractivity contribution < 1.29 is 8.83 Å². The van der Waals surface area contributed by atoms with Gasteiger partial charge in [-0.05, 0) is 85.4 Å². The van der Waals surface area contributed by atoms with Gasteiger partial charge in [-0.1, -0.05) is 72.8 Å². The van der Waals surface area contributed by atoms with Gasteiger partial charge in [-0.15, -0.1) is 0 Å². The molecule has 0 aliphatic heterocycles. The first-order valence-electron chi connectivity index (χ1n) is 14.9. The highest BCUT2D eigenvalue weighted by atomic mass is 16.3. The Balaban J connectivity index is 1.41. The zero-order chi connectivity index (χ0) is 30.9. The number of anilines is 3. The summed E-state index contributed by atoms with van der Waals surface area (Å²) in [7, 11) is 0. The van der Waals surface area contributed by atoms with E-state index in [9.17, 15) is 0 Å². The van der Waals surface area contributed by atoms with Gasteiger partial charge in [-0.3, -0.25) is 0 Å². The molecule has 5 aromatic carbocycles. The first kappa shape index (κ1) is 27.9. The van der Waals surface area contributed by atoms with E-state index in [2.05, 4.69) is 114 Å². The van der Waals surface area contributed by atoms with Gasteiger partial charge in [-0.2, -0.15) is 0 Å². The maximum atomic E-state index is 6.26. The van der Waals surface area contributed by atoms with E-state index < -0.39 is 0 Å². The molecular formula is C40H33N3O2. The first-order chi connectivity index (χ1) is 22.1. The molecule has 4 N–H and O–H groups in total. The third-order valence-electron chi connectivity index (χ3n) is 8.38. The summed E-state index contributed by atoms with van der Waals surface area (Å²) in [5.41, 5.74) is 22.6. The number of benzene rings is 5. The normalized spacial score (nSPS) is 11.8. The summed E-state index contributed by atoms with van der Waals surface area (Å²) in [6.07, 6.45) is 6.60. The van der Waals surface area contributed by atoms with Crippen molar-refractivity contribution in [3.63, 3.8) is 0 Å². The average molecular weight is 588 g/mol. The zero-order valence-corrected chi connectivity index (χ0v) is 25.2. The van der Waals surface area contributed by atoms with Crippen molar-refractivity contribution in [3.05, 3.63) is 150 Å². The molecule has 0 saturated carbocycles. The molecule has 0 fully saturated rings. The van der Waals surface area contributed by atoms with E-state index in [-0.39, 0.29) is 0 Å². The Hall–Kier alpha value is -5.94. The second-order valence-corrected chi connectivity index (χ2v) is 11.1. The van der Waals surface area contributed by atoms with E-state index in [0.717, 1.165) is 72.8 Å². The molecule has 0 spiro atoms. The molecule has 0 amide bonds. The quantitative estimate of drug-likeness (QED) is 0.194. The highest BCUT2D eigenvalue weighted by molar-refractivity contribution is 5.95. The van der Waals surface area contributed by atoms with Crippen LogP contribution in [0.4, 0.5) is 17.1 Å². The van der Waals surface area contributed by atoms with Crippen LogP contribution >= 0.6 is 0 Å². The number of hydrogen-bond donors (Lipinski definition) is 2. The third kappa shape index (κ3) is 5.04. The molecule has 7 aromatic rings. The molecule has 2 aromatic heterocycles. The molecule has 45 heavy (non-hydrogen) atoms. The molecule has 220 valence electrons. The van der Waals surface area contributed by atoms with Crippen molar-refractivity contribution >= 4 is 51.2 Å². The minimum absolute atomic E-state index is 0.753. The van der Waals surface area contributed by atoms with Gasteiger partial charge in [-0.25, -0.2) is 0 Å². The number of nitrogens with two attached hydrogens (primary N) is 2. The fourth-order valence-electron chi connectivity index (χ4n) is 6.05. The van der Waals surface area contributed by atoms with Crippen molar-refractivity contribution in [2.24, 2.45) is 11.5 Å². The number of furan rings is 2. The van der Waals surface area contributed by atoms with Crippen LogP contribution in [-0.2, 0) is 0 Å². The molecule has 0 aliphatic rings. The summed E-state index contributed by atoms with van der Waals surface area (Å²) in [5.74, 6) is 1.51. The summed E-state index contributed by atoms with van der Waals surface area (Å²) in [6.45, 7) is 4.10.